The number of anilines is 1. The summed E-state index contributed by atoms with van der Waals surface area (Å²) in [5.41, 5.74) is 0.539. The number of rotatable bonds is 4. The third kappa shape index (κ3) is 3.56. The second kappa shape index (κ2) is 6.74. The summed E-state index contributed by atoms with van der Waals surface area (Å²) in [4.78, 5) is 24.2. The highest BCUT2D eigenvalue weighted by Crippen LogP contribution is 2.32. The van der Waals surface area contributed by atoms with Crippen LogP contribution in [0.1, 0.15) is 24.3 Å². The van der Waals surface area contributed by atoms with Crippen molar-refractivity contribution in [2.75, 3.05) is 18.5 Å². The summed E-state index contributed by atoms with van der Waals surface area (Å²) < 4.78 is 12.2. The van der Waals surface area contributed by atoms with Crippen molar-refractivity contribution in [3.05, 3.63) is 46.4 Å². The van der Waals surface area contributed by atoms with Crippen LogP contribution in [-0.4, -0.2) is 28.9 Å². The highest BCUT2D eigenvalue weighted by atomic mass is 16.6. The first-order valence-electron chi connectivity index (χ1n) is 7.82. The smallest absolute Gasteiger partial charge is 0.276 e. The Morgan fingerprint density at radius 1 is 1.21 bits per heavy atom. The van der Waals surface area contributed by atoms with E-state index in [4.69, 9.17) is 9.47 Å². The van der Waals surface area contributed by atoms with Crippen molar-refractivity contribution in [2.45, 2.75) is 20.4 Å². The van der Waals surface area contributed by atoms with Crippen molar-refractivity contribution in [1.82, 2.24) is 9.78 Å². The maximum absolute atomic E-state index is 12.4. The Bertz CT molecular complexity index is 814. The van der Waals surface area contributed by atoms with E-state index in [1.807, 2.05) is 13.8 Å². The number of amides is 1. The molecule has 0 saturated heterocycles. The van der Waals surface area contributed by atoms with Gasteiger partial charge < -0.3 is 14.8 Å². The van der Waals surface area contributed by atoms with Gasteiger partial charge in [0.15, 0.2) is 11.5 Å². The van der Waals surface area contributed by atoms with Gasteiger partial charge >= 0.3 is 0 Å². The predicted octanol–water partition coefficient (Wildman–Crippen LogP) is 1.92. The molecular weight excluding hydrogens is 310 g/mol. The Morgan fingerprint density at radius 2 is 1.96 bits per heavy atom. The van der Waals surface area contributed by atoms with E-state index in [0.29, 0.717) is 36.9 Å². The summed E-state index contributed by atoms with van der Waals surface area (Å²) in [6.45, 7) is 5.42. The van der Waals surface area contributed by atoms with Crippen molar-refractivity contribution in [2.24, 2.45) is 5.92 Å². The molecule has 24 heavy (non-hydrogen) atoms. The number of hydrogen-bond acceptors (Lipinski definition) is 5. The molecule has 0 unspecified atom stereocenters. The maximum atomic E-state index is 12.4. The molecule has 1 aromatic carbocycles. The monoisotopic (exact) mass is 329 g/mol. The summed E-state index contributed by atoms with van der Waals surface area (Å²) in [5.74, 6) is 1.12. The highest BCUT2D eigenvalue weighted by molar-refractivity contribution is 6.02. The summed E-state index contributed by atoms with van der Waals surface area (Å²) in [5, 5.41) is 6.89. The fourth-order valence-electron chi connectivity index (χ4n) is 2.36. The molecule has 0 saturated carbocycles. The molecule has 0 fully saturated rings. The van der Waals surface area contributed by atoms with Gasteiger partial charge in [0.1, 0.15) is 18.9 Å². The number of fused-ring (bicyclic) bond motifs is 1. The number of nitrogens with zero attached hydrogens (tertiary/aromatic N) is 2. The van der Waals surface area contributed by atoms with Gasteiger partial charge in [0.2, 0.25) is 0 Å². The van der Waals surface area contributed by atoms with Gasteiger partial charge in [-0.15, -0.1) is 0 Å². The molecule has 0 spiro atoms. The van der Waals surface area contributed by atoms with E-state index in [2.05, 4.69) is 10.4 Å². The number of nitrogens with one attached hydrogen (secondary N) is 1. The minimum atomic E-state index is -0.385. The van der Waals surface area contributed by atoms with Crippen LogP contribution in [0.3, 0.4) is 0 Å². The molecule has 0 atom stereocenters. The molecule has 2 heterocycles. The summed E-state index contributed by atoms with van der Waals surface area (Å²) >= 11 is 0. The lowest BCUT2D eigenvalue weighted by atomic mass is 10.2. The number of carbonyl (C=O) groups excluding carboxylic acids is 1. The lowest BCUT2D eigenvalue weighted by molar-refractivity contribution is 0.101. The molecule has 7 heteroatoms. The topological polar surface area (TPSA) is 82.5 Å². The zero-order valence-electron chi connectivity index (χ0n) is 13.6. The van der Waals surface area contributed by atoms with Gasteiger partial charge in [0.05, 0.1) is 0 Å². The fraction of sp³-hybridized carbons (Fsp3) is 0.353. The number of ether oxygens (including phenoxy) is 2. The Hall–Kier alpha value is -2.83. The number of aromatic nitrogens is 2. The van der Waals surface area contributed by atoms with Crippen LogP contribution < -0.4 is 20.3 Å². The minimum absolute atomic E-state index is 0.185. The minimum Gasteiger partial charge on any atom is -0.486 e. The molecule has 1 aliphatic heterocycles. The molecule has 0 aliphatic carbocycles. The van der Waals surface area contributed by atoms with Crippen molar-refractivity contribution in [1.29, 1.82) is 0 Å². The van der Waals surface area contributed by atoms with Gasteiger partial charge in [0.25, 0.3) is 11.5 Å². The average Bonchev–Trinajstić information content (AvgIpc) is 2.56. The lowest BCUT2D eigenvalue weighted by Crippen LogP contribution is -2.27. The molecule has 1 aromatic heterocycles. The fourth-order valence-corrected chi connectivity index (χ4v) is 2.36. The van der Waals surface area contributed by atoms with Gasteiger partial charge in [-0.2, -0.15) is 5.10 Å². The van der Waals surface area contributed by atoms with E-state index in [-0.39, 0.29) is 23.1 Å². The zero-order valence-corrected chi connectivity index (χ0v) is 13.6. The number of hydrogen-bond donors (Lipinski definition) is 1. The van der Waals surface area contributed by atoms with E-state index < -0.39 is 0 Å². The van der Waals surface area contributed by atoms with Crippen LogP contribution in [0.4, 0.5) is 5.69 Å². The van der Waals surface area contributed by atoms with E-state index in [0.717, 1.165) is 0 Å². The summed E-state index contributed by atoms with van der Waals surface area (Å²) in [6.07, 6.45) is 0. The van der Waals surface area contributed by atoms with Gasteiger partial charge in [-0.05, 0) is 24.1 Å². The van der Waals surface area contributed by atoms with Crippen LogP contribution in [0.5, 0.6) is 11.5 Å². The second-order valence-corrected chi connectivity index (χ2v) is 5.95. The van der Waals surface area contributed by atoms with Crippen molar-refractivity contribution in [3.8, 4) is 11.5 Å². The van der Waals surface area contributed by atoms with E-state index >= 15 is 0 Å². The second-order valence-electron chi connectivity index (χ2n) is 5.95. The molecule has 2 aromatic rings. The lowest BCUT2D eigenvalue weighted by Gasteiger charge is -2.19. The first kappa shape index (κ1) is 16.0. The first-order valence-corrected chi connectivity index (χ1v) is 7.82. The Balaban J connectivity index is 1.78. The van der Waals surface area contributed by atoms with Crippen LogP contribution in [0.2, 0.25) is 0 Å². The number of benzene rings is 1. The average molecular weight is 329 g/mol. The van der Waals surface area contributed by atoms with Crippen LogP contribution >= 0.6 is 0 Å². The third-order valence-electron chi connectivity index (χ3n) is 3.44. The first-order chi connectivity index (χ1) is 11.5. The van der Waals surface area contributed by atoms with E-state index in [1.165, 1.54) is 16.8 Å². The SMILES string of the molecule is CC(C)Cn1nc(C(=O)Nc2ccc3c(c2)OCCO3)ccc1=O. The molecule has 3 rings (SSSR count). The standard InChI is InChI=1S/C17H19N3O4/c1-11(2)10-20-16(21)6-4-13(19-20)17(22)18-12-3-5-14-15(9-12)24-8-7-23-14/h3-6,9,11H,7-8,10H2,1-2H3,(H,18,22). The molecular formula is C17H19N3O4. The van der Waals surface area contributed by atoms with Gasteiger partial charge in [0, 0.05) is 24.4 Å². The normalized spacial score (nSPS) is 13.0. The Kier molecular flexibility index (Phi) is 4.50. The van der Waals surface area contributed by atoms with Gasteiger partial charge in [-0.3, -0.25) is 9.59 Å². The number of carbonyl (C=O) groups is 1. The third-order valence-corrected chi connectivity index (χ3v) is 3.44. The van der Waals surface area contributed by atoms with Gasteiger partial charge in [-0.25, -0.2) is 4.68 Å². The van der Waals surface area contributed by atoms with Gasteiger partial charge in [-0.1, -0.05) is 13.8 Å². The molecule has 0 radical (unpaired) electrons. The summed E-state index contributed by atoms with van der Waals surface area (Å²) in [6, 6.07) is 7.96. The van der Waals surface area contributed by atoms with Crippen LogP contribution in [0.15, 0.2) is 35.1 Å². The Morgan fingerprint density at radius 3 is 2.71 bits per heavy atom. The molecule has 7 nitrogen and oxygen atoms in total. The molecule has 126 valence electrons. The highest BCUT2D eigenvalue weighted by Gasteiger charge is 2.15. The predicted molar refractivity (Wildman–Crippen MR) is 88.7 cm³/mol. The van der Waals surface area contributed by atoms with Crippen molar-refractivity contribution < 1.29 is 14.3 Å². The largest absolute Gasteiger partial charge is 0.486 e. The van der Waals surface area contributed by atoms with E-state index in [9.17, 15) is 9.59 Å². The quantitative estimate of drug-likeness (QED) is 0.927. The molecule has 1 N–H and O–H groups in total. The molecule has 0 bridgehead atoms. The van der Waals surface area contributed by atoms with Crippen LogP contribution in [0.25, 0.3) is 0 Å². The maximum Gasteiger partial charge on any atom is 0.276 e. The Labute approximate surface area is 139 Å². The van der Waals surface area contributed by atoms with Crippen LogP contribution in [-0.2, 0) is 6.54 Å². The van der Waals surface area contributed by atoms with Crippen molar-refractivity contribution >= 4 is 11.6 Å². The molecule has 1 amide bonds. The zero-order chi connectivity index (χ0) is 17.1. The summed E-state index contributed by atoms with van der Waals surface area (Å²) in [7, 11) is 0. The van der Waals surface area contributed by atoms with E-state index in [1.54, 1.807) is 18.2 Å². The molecule has 1 aliphatic rings. The van der Waals surface area contributed by atoms with Crippen molar-refractivity contribution in [3.63, 3.8) is 0 Å². The van der Waals surface area contributed by atoms with Crippen LogP contribution in [0, 0.1) is 5.92 Å².